The van der Waals surface area contributed by atoms with Crippen LogP contribution in [-0.2, 0) is 4.79 Å². The van der Waals surface area contributed by atoms with Crippen LogP contribution < -0.4 is 11.1 Å². The summed E-state index contributed by atoms with van der Waals surface area (Å²) in [6, 6.07) is 5.89. The van der Waals surface area contributed by atoms with Crippen molar-refractivity contribution in [1.82, 2.24) is 25.2 Å². The molecule has 3 rings (SSSR count). The van der Waals surface area contributed by atoms with Crippen molar-refractivity contribution in [3.05, 3.63) is 46.3 Å². The van der Waals surface area contributed by atoms with Gasteiger partial charge in [0, 0.05) is 38.3 Å². The van der Waals surface area contributed by atoms with E-state index in [1.54, 1.807) is 11.0 Å². The van der Waals surface area contributed by atoms with E-state index in [0.29, 0.717) is 44.7 Å². The van der Waals surface area contributed by atoms with E-state index in [0.717, 1.165) is 0 Å². The Balaban J connectivity index is 0.00000300. The molecule has 1 fully saturated rings. The summed E-state index contributed by atoms with van der Waals surface area (Å²) in [7, 11) is 0. The van der Waals surface area contributed by atoms with Crippen LogP contribution in [0.25, 0.3) is 5.69 Å². The Morgan fingerprint density at radius 2 is 2.17 bits per heavy atom. The number of likely N-dealkylation sites (tertiary alicyclic amines) is 1. The van der Waals surface area contributed by atoms with E-state index < -0.39 is 4.92 Å². The van der Waals surface area contributed by atoms with E-state index in [9.17, 15) is 19.7 Å². The van der Waals surface area contributed by atoms with Gasteiger partial charge in [0.15, 0.2) is 5.69 Å². The van der Waals surface area contributed by atoms with Crippen molar-refractivity contribution in [2.75, 3.05) is 26.2 Å². The Morgan fingerprint density at radius 1 is 1.38 bits per heavy atom. The minimum Gasteiger partial charge on any atom is -0.355 e. The smallest absolute Gasteiger partial charge is 0.276 e. The lowest BCUT2D eigenvalue weighted by atomic mass is 9.97. The minimum atomic E-state index is -0.504. The molecule has 2 heterocycles. The van der Waals surface area contributed by atoms with Crippen LogP contribution in [0.1, 0.15) is 23.3 Å². The molecule has 1 aromatic heterocycles. The summed E-state index contributed by atoms with van der Waals surface area (Å²) >= 11 is 0. The van der Waals surface area contributed by atoms with Crippen molar-refractivity contribution in [2.24, 2.45) is 11.7 Å². The van der Waals surface area contributed by atoms with E-state index in [1.165, 1.54) is 29.1 Å². The predicted octanol–water partition coefficient (Wildman–Crippen LogP) is 0.524. The second kappa shape index (κ2) is 9.94. The monoisotopic (exact) mass is 423 g/mol. The fourth-order valence-electron chi connectivity index (χ4n) is 3.11. The Bertz CT molecular complexity index is 888. The topological polar surface area (TPSA) is 149 Å². The lowest BCUT2D eigenvalue weighted by molar-refractivity contribution is -0.384. The van der Waals surface area contributed by atoms with Gasteiger partial charge in [-0.2, -0.15) is 0 Å². The van der Waals surface area contributed by atoms with E-state index in [4.69, 9.17) is 5.73 Å². The number of nitro groups is 1. The fraction of sp³-hybridized carbons (Fsp3) is 0.412. The number of nitrogens with zero attached hydrogens (tertiary/aromatic N) is 5. The number of hydrogen-bond acceptors (Lipinski definition) is 7. The van der Waals surface area contributed by atoms with Crippen molar-refractivity contribution in [1.29, 1.82) is 0 Å². The predicted molar refractivity (Wildman–Crippen MR) is 106 cm³/mol. The molecule has 0 saturated carbocycles. The van der Waals surface area contributed by atoms with E-state index in [2.05, 4.69) is 15.6 Å². The van der Waals surface area contributed by atoms with Gasteiger partial charge < -0.3 is 16.0 Å². The van der Waals surface area contributed by atoms with Crippen molar-refractivity contribution < 1.29 is 14.5 Å². The number of halogens is 1. The fourth-order valence-corrected chi connectivity index (χ4v) is 3.11. The summed E-state index contributed by atoms with van der Waals surface area (Å²) in [6.07, 6.45) is 2.85. The number of non-ortho nitro benzene ring substituents is 1. The van der Waals surface area contributed by atoms with Crippen LogP contribution in [0.2, 0.25) is 0 Å². The molecule has 0 radical (unpaired) electrons. The number of nitrogens with two attached hydrogens (primary N) is 1. The number of piperidine rings is 1. The summed E-state index contributed by atoms with van der Waals surface area (Å²) in [5.74, 6) is -0.715. The van der Waals surface area contributed by atoms with Crippen LogP contribution >= 0.6 is 12.4 Å². The largest absolute Gasteiger partial charge is 0.355 e. The molecule has 12 heteroatoms. The second-order valence-corrected chi connectivity index (χ2v) is 6.50. The standard InChI is InChI=1S/C17H21N7O4.ClH/c18-6-7-19-16(25)12-3-2-8-22(10-12)17(26)15-11-23(21-20-15)13-4-1-5-14(9-13)24(27)28;/h1,4-5,9,11-12H,2-3,6-8,10,18H2,(H,19,25);1H. The molecule has 0 aliphatic carbocycles. The summed E-state index contributed by atoms with van der Waals surface area (Å²) in [5.41, 5.74) is 5.87. The Morgan fingerprint density at radius 3 is 2.90 bits per heavy atom. The molecule has 0 spiro atoms. The molecule has 1 aliphatic heterocycles. The third-order valence-corrected chi connectivity index (χ3v) is 4.54. The highest BCUT2D eigenvalue weighted by Gasteiger charge is 2.30. The molecular formula is C17H22ClN7O4. The number of amides is 2. The van der Waals surface area contributed by atoms with Crippen LogP contribution in [-0.4, -0.2) is 62.8 Å². The molecule has 3 N–H and O–H groups in total. The van der Waals surface area contributed by atoms with Crippen LogP contribution in [0, 0.1) is 16.0 Å². The first-order valence-corrected chi connectivity index (χ1v) is 8.94. The lowest BCUT2D eigenvalue weighted by Gasteiger charge is -2.31. The summed E-state index contributed by atoms with van der Waals surface area (Å²) < 4.78 is 1.32. The van der Waals surface area contributed by atoms with Crippen molar-refractivity contribution in [3.8, 4) is 5.69 Å². The number of benzene rings is 1. The maximum absolute atomic E-state index is 12.8. The molecule has 1 unspecified atom stereocenters. The molecule has 156 valence electrons. The van der Waals surface area contributed by atoms with Crippen molar-refractivity contribution in [3.63, 3.8) is 0 Å². The average molecular weight is 424 g/mol. The first kappa shape index (κ1) is 22.2. The minimum absolute atomic E-state index is 0. The van der Waals surface area contributed by atoms with Crippen molar-refractivity contribution >= 4 is 29.9 Å². The van der Waals surface area contributed by atoms with E-state index in [-0.39, 0.29) is 41.5 Å². The first-order chi connectivity index (χ1) is 13.5. The number of aromatic nitrogens is 3. The van der Waals surface area contributed by atoms with E-state index in [1.807, 2.05) is 0 Å². The average Bonchev–Trinajstić information content (AvgIpc) is 3.22. The number of nitrogens with one attached hydrogen (secondary N) is 1. The molecule has 11 nitrogen and oxygen atoms in total. The Kier molecular flexibility index (Phi) is 7.62. The van der Waals surface area contributed by atoms with Crippen molar-refractivity contribution in [2.45, 2.75) is 12.8 Å². The molecule has 0 bridgehead atoms. The maximum Gasteiger partial charge on any atom is 0.276 e. The zero-order chi connectivity index (χ0) is 20.1. The number of carbonyl (C=O) groups is 2. The van der Waals surface area contributed by atoms with Gasteiger partial charge in [-0.1, -0.05) is 11.3 Å². The molecule has 29 heavy (non-hydrogen) atoms. The SMILES string of the molecule is Cl.NCCNC(=O)C1CCCN(C(=O)c2cn(-c3cccc([N+](=O)[O-])c3)nn2)C1. The molecule has 1 aliphatic rings. The van der Waals surface area contributed by atoms with Gasteiger partial charge in [0.05, 0.1) is 22.7 Å². The normalized spacial score (nSPS) is 16.0. The van der Waals surface area contributed by atoms with Gasteiger partial charge in [0.2, 0.25) is 5.91 Å². The lowest BCUT2D eigenvalue weighted by Crippen LogP contribution is -2.46. The van der Waals surface area contributed by atoms with Gasteiger partial charge in [0.25, 0.3) is 11.6 Å². The van der Waals surface area contributed by atoms with Gasteiger partial charge in [-0.3, -0.25) is 19.7 Å². The Labute approximate surface area is 172 Å². The molecular weight excluding hydrogens is 402 g/mol. The van der Waals surface area contributed by atoms with Gasteiger partial charge in [-0.15, -0.1) is 17.5 Å². The summed E-state index contributed by atoms with van der Waals surface area (Å²) in [4.78, 5) is 36.9. The zero-order valence-electron chi connectivity index (χ0n) is 15.6. The van der Waals surface area contributed by atoms with Crippen LogP contribution in [0.3, 0.4) is 0 Å². The number of nitro benzene ring substituents is 1. The molecule has 1 saturated heterocycles. The van der Waals surface area contributed by atoms with Gasteiger partial charge in [-0.25, -0.2) is 4.68 Å². The zero-order valence-corrected chi connectivity index (χ0v) is 16.4. The van der Waals surface area contributed by atoms with Crippen LogP contribution in [0.4, 0.5) is 5.69 Å². The van der Waals surface area contributed by atoms with Crippen LogP contribution in [0.5, 0.6) is 0 Å². The van der Waals surface area contributed by atoms with Gasteiger partial charge in [-0.05, 0) is 18.9 Å². The maximum atomic E-state index is 12.8. The summed E-state index contributed by atoms with van der Waals surface area (Å²) in [5, 5.41) is 21.5. The Hall–Kier alpha value is -3.05. The molecule has 1 aromatic carbocycles. The van der Waals surface area contributed by atoms with E-state index >= 15 is 0 Å². The number of hydrogen-bond donors (Lipinski definition) is 2. The first-order valence-electron chi connectivity index (χ1n) is 8.94. The quantitative estimate of drug-likeness (QED) is 0.508. The molecule has 2 amide bonds. The highest BCUT2D eigenvalue weighted by atomic mass is 35.5. The number of carbonyl (C=O) groups excluding carboxylic acids is 2. The third kappa shape index (κ3) is 5.27. The van der Waals surface area contributed by atoms with Gasteiger partial charge >= 0.3 is 0 Å². The highest BCUT2D eigenvalue weighted by Crippen LogP contribution is 2.20. The molecule has 1 atom stereocenters. The summed E-state index contributed by atoms with van der Waals surface area (Å²) in [6.45, 7) is 1.60. The van der Waals surface area contributed by atoms with Crippen LogP contribution in [0.15, 0.2) is 30.5 Å². The third-order valence-electron chi connectivity index (χ3n) is 4.54. The van der Waals surface area contributed by atoms with Gasteiger partial charge in [0.1, 0.15) is 0 Å². The number of rotatable bonds is 6. The second-order valence-electron chi connectivity index (χ2n) is 6.50. The molecule has 2 aromatic rings. The highest BCUT2D eigenvalue weighted by molar-refractivity contribution is 5.92.